The van der Waals surface area contributed by atoms with Gasteiger partial charge < -0.3 is 14.2 Å². The Bertz CT molecular complexity index is 720. The number of hydrogen-bond acceptors (Lipinski definition) is 5. The molecule has 1 amide bonds. The number of nitrogens with zero attached hydrogens (tertiary/aromatic N) is 2. The number of aromatic nitrogens is 1. The van der Waals surface area contributed by atoms with Crippen LogP contribution in [0.3, 0.4) is 0 Å². The zero-order chi connectivity index (χ0) is 18.6. The molecule has 0 N–H and O–H groups in total. The average molecular weight is 372 g/mol. The van der Waals surface area contributed by atoms with E-state index in [1.54, 1.807) is 6.07 Å². The van der Waals surface area contributed by atoms with Gasteiger partial charge in [0.05, 0.1) is 11.1 Å². The van der Waals surface area contributed by atoms with Crippen molar-refractivity contribution in [1.29, 1.82) is 0 Å². The molecule has 6 heteroatoms. The normalized spacial score (nSPS) is 37.0. The molecular formula is C21H28N2O4. The first-order valence-electron chi connectivity index (χ1n) is 10.4. The van der Waals surface area contributed by atoms with E-state index < -0.39 is 6.04 Å². The van der Waals surface area contributed by atoms with E-state index in [1.807, 2.05) is 11.8 Å². The maximum Gasteiger partial charge on any atom is 0.329 e. The van der Waals surface area contributed by atoms with E-state index in [4.69, 9.17) is 9.26 Å². The standard InChI is InChI=1S/C21H28N2O4/c1-13-5-17(27-22-13)12-26-19(24)18-3-2-4-23(18)20(25)21-9-14-6-15(10-21)8-16(7-14)11-21/h5,14-16,18H,2-4,6-12H2,1H3. The molecule has 6 nitrogen and oxygen atoms in total. The van der Waals surface area contributed by atoms with Crippen molar-refractivity contribution in [2.45, 2.75) is 70.9 Å². The number of esters is 1. The largest absolute Gasteiger partial charge is 0.456 e. The van der Waals surface area contributed by atoms with Gasteiger partial charge in [0.2, 0.25) is 5.91 Å². The van der Waals surface area contributed by atoms with Crippen LogP contribution in [0.1, 0.15) is 62.8 Å². The summed E-state index contributed by atoms with van der Waals surface area (Å²) in [5.41, 5.74) is 0.570. The molecule has 0 aromatic carbocycles. The van der Waals surface area contributed by atoms with Gasteiger partial charge in [-0.15, -0.1) is 0 Å². The van der Waals surface area contributed by atoms with Gasteiger partial charge in [-0.1, -0.05) is 5.16 Å². The van der Waals surface area contributed by atoms with Gasteiger partial charge >= 0.3 is 5.97 Å². The molecule has 5 aliphatic rings. The quantitative estimate of drug-likeness (QED) is 0.759. The maximum absolute atomic E-state index is 13.6. The zero-order valence-electron chi connectivity index (χ0n) is 16.0. The molecular weight excluding hydrogens is 344 g/mol. The number of ether oxygens (including phenoxy) is 1. The monoisotopic (exact) mass is 372 g/mol. The molecule has 1 saturated heterocycles. The summed E-state index contributed by atoms with van der Waals surface area (Å²) in [6, 6.07) is 1.33. The molecule has 1 aromatic rings. The van der Waals surface area contributed by atoms with Crippen LogP contribution in [0.25, 0.3) is 0 Å². The fourth-order valence-corrected chi connectivity index (χ4v) is 6.65. The van der Waals surface area contributed by atoms with Crippen LogP contribution in [0, 0.1) is 30.1 Å². The average Bonchev–Trinajstić information content (AvgIpc) is 3.27. The highest BCUT2D eigenvalue weighted by Gasteiger charge is 2.56. The summed E-state index contributed by atoms with van der Waals surface area (Å²) in [4.78, 5) is 28.1. The first-order valence-corrected chi connectivity index (χ1v) is 10.4. The van der Waals surface area contributed by atoms with Gasteiger partial charge in [-0.3, -0.25) is 4.79 Å². The Kier molecular flexibility index (Phi) is 4.06. The van der Waals surface area contributed by atoms with Crippen LogP contribution >= 0.6 is 0 Å². The van der Waals surface area contributed by atoms with Crippen LogP contribution in [0.2, 0.25) is 0 Å². The van der Waals surface area contributed by atoms with Gasteiger partial charge in [0.15, 0.2) is 12.4 Å². The summed E-state index contributed by atoms with van der Waals surface area (Å²) in [7, 11) is 0. The lowest BCUT2D eigenvalue weighted by Crippen LogP contribution is -2.56. The summed E-state index contributed by atoms with van der Waals surface area (Å²) in [5, 5.41) is 3.81. The van der Waals surface area contributed by atoms with E-state index in [0.29, 0.717) is 18.7 Å². The van der Waals surface area contributed by atoms with Crippen molar-refractivity contribution in [2.24, 2.45) is 23.2 Å². The summed E-state index contributed by atoms with van der Waals surface area (Å²) in [6.07, 6.45) is 8.62. The Morgan fingerprint density at radius 1 is 1.22 bits per heavy atom. The van der Waals surface area contributed by atoms with E-state index in [9.17, 15) is 9.59 Å². The molecule has 1 unspecified atom stereocenters. The third-order valence-electron chi connectivity index (χ3n) is 7.31. The predicted molar refractivity (Wildman–Crippen MR) is 96.4 cm³/mol. The molecule has 5 fully saturated rings. The van der Waals surface area contributed by atoms with E-state index in [2.05, 4.69) is 5.16 Å². The lowest BCUT2D eigenvalue weighted by molar-refractivity contribution is -0.166. The molecule has 0 radical (unpaired) electrons. The number of rotatable bonds is 4. The van der Waals surface area contributed by atoms with Crippen molar-refractivity contribution in [3.05, 3.63) is 17.5 Å². The van der Waals surface area contributed by atoms with Crippen LogP contribution in [0.5, 0.6) is 0 Å². The fourth-order valence-electron chi connectivity index (χ4n) is 6.65. The molecule has 1 aliphatic heterocycles. The second kappa shape index (κ2) is 6.35. The summed E-state index contributed by atoms with van der Waals surface area (Å²) in [6.45, 7) is 2.59. The van der Waals surface area contributed by atoms with E-state index in [1.165, 1.54) is 19.3 Å². The highest BCUT2D eigenvalue weighted by atomic mass is 16.6. The van der Waals surface area contributed by atoms with Crippen molar-refractivity contribution in [2.75, 3.05) is 6.54 Å². The molecule has 27 heavy (non-hydrogen) atoms. The first-order chi connectivity index (χ1) is 13.0. The summed E-state index contributed by atoms with van der Waals surface area (Å²) >= 11 is 0. The minimum atomic E-state index is -0.436. The van der Waals surface area contributed by atoms with Crippen LogP contribution in [-0.2, 0) is 20.9 Å². The highest BCUT2D eigenvalue weighted by molar-refractivity contribution is 5.89. The van der Waals surface area contributed by atoms with Crippen LogP contribution < -0.4 is 0 Å². The van der Waals surface area contributed by atoms with Gasteiger partial charge in [-0.2, -0.15) is 0 Å². The van der Waals surface area contributed by atoms with Crippen molar-refractivity contribution in [3.63, 3.8) is 0 Å². The third-order valence-corrected chi connectivity index (χ3v) is 7.31. The van der Waals surface area contributed by atoms with Crippen molar-refractivity contribution in [3.8, 4) is 0 Å². The predicted octanol–water partition coefficient (Wildman–Crippen LogP) is 3.23. The van der Waals surface area contributed by atoms with E-state index in [0.717, 1.165) is 49.1 Å². The number of hydrogen-bond donors (Lipinski definition) is 0. The molecule has 1 aromatic heterocycles. The second-order valence-electron chi connectivity index (χ2n) is 9.40. The Labute approximate surface area is 159 Å². The molecule has 146 valence electrons. The van der Waals surface area contributed by atoms with Crippen molar-refractivity contribution >= 4 is 11.9 Å². The smallest absolute Gasteiger partial charge is 0.329 e. The van der Waals surface area contributed by atoms with E-state index >= 15 is 0 Å². The Balaban J connectivity index is 1.28. The Morgan fingerprint density at radius 2 is 1.89 bits per heavy atom. The fraction of sp³-hybridized carbons (Fsp3) is 0.762. The minimum Gasteiger partial charge on any atom is -0.456 e. The lowest BCUT2D eigenvalue weighted by atomic mass is 9.49. The molecule has 4 aliphatic carbocycles. The number of aryl methyl sites for hydroxylation is 1. The van der Waals surface area contributed by atoms with Crippen LogP contribution in [0.4, 0.5) is 0 Å². The lowest BCUT2D eigenvalue weighted by Gasteiger charge is -2.56. The summed E-state index contributed by atoms with van der Waals surface area (Å²) in [5.74, 6) is 2.64. The first kappa shape index (κ1) is 17.3. The maximum atomic E-state index is 13.6. The Morgan fingerprint density at radius 3 is 2.48 bits per heavy atom. The molecule has 6 rings (SSSR count). The highest BCUT2D eigenvalue weighted by Crippen LogP contribution is 2.60. The van der Waals surface area contributed by atoms with Crippen molar-refractivity contribution < 1.29 is 18.8 Å². The summed E-state index contributed by atoms with van der Waals surface area (Å²) < 4.78 is 10.6. The van der Waals surface area contributed by atoms with Gasteiger partial charge in [-0.25, -0.2) is 4.79 Å². The van der Waals surface area contributed by atoms with Crippen LogP contribution in [0.15, 0.2) is 10.6 Å². The number of carbonyl (C=O) groups excluding carboxylic acids is 2. The Hall–Kier alpha value is -1.85. The van der Waals surface area contributed by atoms with Gasteiger partial charge in [0.1, 0.15) is 6.04 Å². The van der Waals surface area contributed by atoms with Crippen LogP contribution in [-0.4, -0.2) is 34.5 Å². The zero-order valence-corrected chi connectivity index (χ0v) is 16.0. The second-order valence-corrected chi connectivity index (χ2v) is 9.40. The molecule has 4 bridgehead atoms. The van der Waals surface area contributed by atoms with E-state index in [-0.39, 0.29) is 23.9 Å². The molecule has 2 heterocycles. The van der Waals surface area contributed by atoms with Gasteiger partial charge in [-0.05, 0) is 76.0 Å². The number of amides is 1. The van der Waals surface area contributed by atoms with Gasteiger partial charge in [0, 0.05) is 12.6 Å². The molecule has 0 spiro atoms. The minimum absolute atomic E-state index is 0.0789. The number of carbonyl (C=O) groups is 2. The van der Waals surface area contributed by atoms with Crippen molar-refractivity contribution in [1.82, 2.24) is 10.1 Å². The topological polar surface area (TPSA) is 72.6 Å². The number of likely N-dealkylation sites (tertiary alicyclic amines) is 1. The third kappa shape index (κ3) is 2.97. The van der Waals surface area contributed by atoms with Gasteiger partial charge in [0.25, 0.3) is 0 Å². The molecule has 4 saturated carbocycles. The SMILES string of the molecule is Cc1cc(COC(=O)C2CCCN2C(=O)C23CC4CC(CC(C4)C2)C3)on1. The molecule has 1 atom stereocenters.